The molecule has 2 aromatic rings. The molecule has 1 aromatic heterocycles. The summed E-state index contributed by atoms with van der Waals surface area (Å²) in [7, 11) is 0. The number of nitrogens with zero attached hydrogens (tertiary/aromatic N) is 1. The molecule has 0 aliphatic heterocycles. The van der Waals surface area contributed by atoms with Gasteiger partial charge < -0.3 is 4.98 Å². The Hall–Kier alpha value is -1.99. The van der Waals surface area contributed by atoms with Crippen LogP contribution in [0.3, 0.4) is 0 Å². The first-order valence-electron chi connectivity index (χ1n) is 4.60. The largest absolute Gasteiger partial charge is 0.352 e. The highest BCUT2D eigenvalue weighted by molar-refractivity contribution is 7.71. The van der Waals surface area contributed by atoms with Gasteiger partial charge in [-0.1, -0.05) is 24.4 Å². The van der Waals surface area contributed by atoms with Gasteiger partial charge in [0.15, 0.2) is 0 Å². The van der Waals surface area contributed by atoms with Crippen molar-refractivity contribution in [3.8, 4) is 17.2 Å². The lowest BCUT2D eigenvalue weighted by atomic mass is 10.0. The van der Waals surface area contributed by atoms with Crippen molar-refractivity contribution in [3.63, 3.8) is 0 Å². The van der Waals surface area contributed by atoms with E-state index in [1.54, 1.807) is 24.4 Å². The predicted octanol–water partition coefficient (Wildman–Crippen LogP) is 3.42. The minimum atomic E-state index is -0.302. The second-order valence-corrected chi connectivity index (χ2v) is 3.62. The van der Waals surface area contributed by atoms with Gasteiger partial charge in [-0.2, -0.15) is 5.26 Å². The number of H-pyrrole nitrogens is 1. The maximum absolute atomic E-state index is 12.8. The van der Waals surface area contributed by atoms with E-state index in [9.17, 15) is 4.39 Å². The first kappa shape index (κ1) is 10.5. The summed E-state index contributed by atoms with van der Waals surface area (Å²) < 4.78 is 13.2. The van der Waals surface area contributed by atoms with E-state index in [1.807, 2.05) is 6.07 Å². The van der Waals surface area contributed by atoms with Crippen molar-refractivity contribution in [1.29, 1.82) is 5.26 Å². The highest BCUT2D eigenvalue weighted by Gasteiger charge is 2.05. The fraction of sp³-hybridized carbons (Fsp3) is 0. The molecule has 0 spiro atoms. The van der Waals surface area contributed by atoms with Crippen molar-refractivity contribution in [2.24, 2.45) is 0 Å². The van der Waals surface area contributed by atoms with E-state index in [1.165, 1.54) is 12.1 Å². The van der Waals surface area contributed by atoms with Gasteiger partial charge in [-0.3, -0.25) is 0 Å². The Kier molecular flexibility index (Phi) is 2.80. The minimum absolute atomic E-state index is 0.302. The Morgan fingerprint density at radius 2 is 1.88 bits per heavy atom. The van der Waals surface area contributed by atoms with E-state index < -0.39 is 0 Å². The third-order valence-electron chi connectivity index (χ3n) is 2.23. The number of aromatic nitrogens is 1. The summed E-state index contributed by atoms with van der Waals surface area (Å²) in [6, 6.07) is 9.76. The number of hydrogen-bond donors (Lipinski definition) is 1. The molecule has 4 heteroatoms. The third-order valence-corrected chi connectivity index (χ3v) is 2.55. The van der Waals surface area contributed by atoms with Gasteiger partial charge in [0.25, 0.3) is 0 Å². The van der Waals surface area contributed by atoms with Crippen molar-refractivity contribution < 1.29 is 4.39 Å². The Labute approximate surface area is 97.0 Å². The van der Waals surface area contributed by atoms with Crippen LogP contribution in [0.5, 0.6) is 0 Å². The average molecular weight is 230 g/mol. The van der Waals surface area contributed by atoms with Crippen LogP contribution in [0.25, 0.3) is 11.1 Å². The van der Waals surface area contributed by atoms with Crippen LogP contribution >= 0.6 is 12.2 Å². The first-order valence-corrected chi connectivity index (χ1v) is 5.01. The van der Waals surface area contributed by atoms with Crippen LogP contribution in [0, 0.1) is 21.8 Å². The topological polar surface area (TPSA) is 39.6 Å². The Balaban J connectivity index is 2.66. The van der Waals surface area contributed by atoms with Crippen molar-refractivity contribution in [2.75, 3.05) is 0 Å². The third kappa shape index (κ3) is 1.86. The number of benzene rings is 1. The van der Waals surface area contributed by atoms with Gasteiger partial charge >= 0.3 is 0 Å². The maximum Gasteiger partial charge on any atom is 0.123 e. The van der Waals surface area contributed by atoms with Gasteiger partial charge in [0.2, 0.25) is 0 Å². The van der Waals surface area contributed by atoms with Crippen LogP contribution in [-0.4, -0.2) is 4.98 Å². The van der Waals surface area contributed by atoms with Crippen molar-refractivity contribution in [1.82, 2.24) is 4.98 Å². The van der Waals surface area contributed by atoms with E-state index in [0.717, 1.165) is 5.56 Å². The van der Waals surface area contributed by atoms with Gasteiger partial charge in [0, 0.05) is 11.8 Å². The van der Waals surface area contributed by atoms with E-state index in [-0.39, 0.29) is 5.82 Å². The average Bonchev–Trinajstić information content (AvgIpc) is 2.30. The second-order valence-electron chi connectivity index (χ2n) is 3.21. The predicted molar refractivity (Wildman–Crippen MR) is 61.7 cm³/mol. The zero-order valence-corrected chi connectivity index (χ0v) is 9.01. The second kappa shape index (κ2) is 4.25. The van der Waals surface area contributed by atoms with Gasteiger partial charge in [0.1, 0.15) is 16.5 Å². The molecular formula is C12H7FN2S. The van der Waals surface area contributed by atoms with Crippen LogP contribution in [0.2, 0.25) is 0 Å². The smallest absolute Gasteiger partial charge is 0.123 e. The summed E-state index contributed by atoms with van der Waals surface area (Å²) in [5.41, 5.74) is 1.90. The lowest BCUT2D eigenvalue weighted by Gasteiger charge is -2.03. The molecule has 1 aromatic carbocycles. The zero-order valence-electron chi connectivity index (χ0n) is 8.20. The normalized spacial score (nSPS) is 9.75. The lowest BCUT2D eigenvalue weighted by molar-refractivity contribution is 0.628. The summed E-state index contributed by atoms with van der Waals surface area (Å²) in [5.74, 6) is -0.302. The van der Waals surface area contributed by atoms with Crippen LogP contribution in [-0.2, 0) is 0 Å². The number of hydrogen-bond acceptors (Lipinski definition) is 2. The molecule has 0 saturated carbocycles. The summed E-state index contributed by atoms with van der Waals surface area (Å²) in [6.45, 7) is 0. The molecule has 2 nitrogen and oxygen atoms in total. The van der Waals surface area contributed by atoms with E-state index in [2.05, 4.69) is 4.98 Å². The summed E-state index contributed by atoms with van der Waals surface area (Å²) in [6.07, 6.45) is 1.67. The van der Waals surface area contributed by atoms with E-state index >= 15 is 0 Å². The summed E-state index contributed by atoms with van der Waals surface area (Å²) in [4.78, 5) is 2.79. The molecule has 1 N–H and O–H groups in total. The highest BCUT2D eigenvalue weighted by Crippen LogP contribution is 2.23. The number of aromatic amines is 1. The number of pyridine rings is 1. The van der Waals surface area contributed by atoms with Crippen LogP contribution < -0.4 is 0 Å². The van der Waals surface area contributed by atoms with Crippen molar-refractivity contribution >= 4 is 12.2 Å². The minimum Gasteiger partial charge on any atom is -0.352 e. The van der Waals surface area contributed by atoms with Crippen LogP contribution in [0.15, 0.2) is 36.5 Å². The molecule has 0 amide bonds. The number of nitriles is 1. The SMILES string of the molecule is N#Cc1c(-c2ccc(F)cc2)cc[nH]c1=S. The van der Waals surface area contributed by atoms with E-state index in [4.69, 9.17) is 17.5 Å². The van der Waals surface area contributed by atoms with Gasteiger partial charge in [-0.25, -0.2) is 4.39 Å². The zero-order chi connectivity index (χ0) is 11.5. The quantitative estimate of drug-likeness (QED) is 0.762. The van der Waals surface area contributed by atoms with Crippen molar-refractivity contribution in [2.45, 2.75) is 0 Å². The number of nitrogens with one attached hydrogen (secondary N) is 1. The first-order chi connectivity index (χ1) is 7.72. The monoisotopic (exact) mass is 230 g/mol. The van der Waals surface area contributed by atoms with Crippen LogP contribution in [0.1, 0.15) is 5.56 Å². The Morgan fingerprint density at radius 1 is 1.19 bits per heavy atom. The molecule has 0 unspecified atom stereocenters. The van der Waals surface area contributed by atoms with E-state index in [0.29, 0.717) is 15.8 Å². The van der Waals surface area contributed by atoms with Crippen LogP contribution in [0.4, 0.5) is 4.39 Å². The Bertz CT molecular complexity index is 608. The summed E-state index contributed by atoms with van der Waals surface area (Å²) >= 11 is 5.01. The molecule has 2 rings (SSSR count). The van der Waals surface area contributed by atoms with Crippen molar-refractivity contribution in [3.05, 3.63) is 52.5 Å². The fourth-order valence-electron chi connectivity index (χ4n) is 1.46. The Morgan fingerprint density at radius 3 is 2.50 bits per heavy atom. The fourth-order valence-corrected chi connectivity index (χ4v) is 1.68. The molecular weight excluding hydrogens is 223 g/mol. The molecule has 0 fully saturated rings. The molecule has 0 aliphatic rings. The van der Waals surface area contributed by atoms with Gasteiger partial charge in [-0.15, -0.1) is 0 Å². The van der Waals surface area contributed by atoms with Gasteiger partial charge in [0.05, 0.1) is 5.56 Å². The molecule has 0 saturated heterocycles. The standard InChI is InChI=1S/C12H7FN2S/c13-9-3-1-8(2-4-9)10-5-6-15-12(16)11(10)7-14/h1-6H,(H,15,16). The summed E-state index contributed by atoms with van der Waals surface area (Å²) in [5, 5.41) is 9.00. The molecule has 0 aliphatic carbocycles. The molecule has 0 bridgehead atoms. The molecule has 16 heavy (non-hydrogen) atoms. The lowest BCUT2D eigenvalue weighted by Crippen LogP contribution is -1.88. The number of rotatable bonds is 1. The molecule has 0 radical (unpaired) electrons. The van der Waals surface area contributed by atoms with Gasteiger partial charge in [-0.05, 0) is 23.8 Å². The highest BCUT2D eigenvalue weighted by atomic mass is 32.1. The molecule has 1 heterocycles. The number of halogens is 1. The molecule has 78 valence electrons. The molecule has 0 atom stereocenters. The maximum atomic E-state index is 12.8.